The zero-order valence-corrected chi connectivity index (χ0v) is 19.2. The van der Waals surface area contributed by atoms with Gasteiger partial charge in [0, 0.05) is 24.0 Å². The number of halogens is 3. The number of aryl methyl sites for hydroxylation is 1. The van der Waals surface area contributed by atoms with Gasteiger partial charge in [-0.2, -0.15) is 5.10 Å². The van der Waals surface area contributed by atoms with E-state index in [9.17, 15) is 23.1 Å². The first kappa shape index (κ1) is 23.3. The number of aromatic nitrogens is 4. The van der Waals surface area contributed by atoms with Crippen molar-refractivity contribution in [1.82, 2.24) is 19.7 Å². The van der Waals surface area contributed by atoms with Crippen LogP contribution < -0.4 is 5.32 Å². The van der Waals surface area contributed by atoms with Gasteiger partial charge >= 0.3 is 5.97 Å². The Hall–Kier alpha value is -4.47. The highest BCUT2D eigenvalue weighted by atomic mass is 19.1. The van der Waals surface area contributed by atoms with E-state index in [0.29, 0.717) is 22.3 Å². The Balaban J connectivity index is 1.76. The normalized spacial score (nSPS) is 19.1. The predicted octanol–water partition coefficient (Wildman–Crippen LogP) is 5.21. The Morgan fingerprint density at radius 2 is 1.86 bits per heavy atom. The van der Waals surface area contributed by atoms with Crippen LogP contribution in [0, 0.1) is 30.3 Å². The van der Waals surface area contributed by atoms with Crippen molar-refractivity contribution in [3.8, 4) is 16.8 Å². The number of rotatable bonds is 5. The monoisotopic (exact) mass is 491 g/mol. The van der Waals surface area contributed by atoms with Crippen molar-refractivity contribution in [3.05, 3.63) is 90.2 Å². The van der Waals surface area contributed by atoms with Gasteiger partial charge in [0.2, 0.25) is 0 Å². The topological polar surface area (TPSA) is 92.9 Å². The van der Waals surface area contributed by atoms with Crippen LogP contribution in [0.2, 0.25) is 0 Å². The molecule has 2 atom stereocenters. The zero-order chi connectivity index (χ0) is 25.6. The summed E-state index contributed by atoms with van der Waals surface area (Å²) in [6.45, 7) is 3.33. The van der Waals surface area contributed by atoms with Gasteiger partial charge < -0.3 is 10.4 Å². The highest BCUT2D eigenvalue weighted by molar-refractivity contribution is 5.87. The van der Waals surface area contributed by atoms with Crippen molar-refractivity contribution in [3.63, 3.8) is 0 Å². The van der Waals surface area contributed by atoms with E-state index in [4.69, 9.17) is 0 Å². The van der Waals surface area contributed by atoms with Gasteiger partial charge in [0.05, 0.1) is 16.7 Å². The largest absolute Gasteiger partial charge is 0.481 e. The van der Waals surface area contributed by atoms with E-state index >= 15 is 0 Å². The van der Waals surface area contributed by atoms with E-state index in [1.165, 1.54) is 35.3 Å². The van der Waals surface area contributed by atoms with Gasteiger partial charge in [-0.3, -0.25) is 9.78 Å². The molecule has 182 valence electrons. The maximum Gasteiger partial charge on any atom is 0.313 e. The number of carboxylic acids is 1. The second-order valence-electron chi connectivity index (χ2n) is 8.67. The summed E-state index contributed by atoms with van der Waals surface area (Å²) in [4.78, 5) is 20.3. The summed E-state index contributed by atoms with van der Waals surface area (Å²) < 4.78 is 44.8. The van der Waals surface area contributed by atoms with Crippen LogP contribution in [-0.2, 0) is 4.79 Å². The first-order chi connectivity index (χ1) is 17.2. The first-order valence-corrected chi connectivity index (χ1v) is 11.0. The molecule has 1 aliphatic rings. The van der Waals surface area contributed by atoms with Crippen molar-refractivity contribution in [2.75, 3.05) is 5.32 Å². The van der Waals surface area contributed by atoms with Gasteiger partial charge in [-0.1, -0.05) is 24.3 Å². The molecule has 36 heavy (non-hydrogen) atoms. The Kier molecular flexibility index (Phi) is 5.58. The molecule has 10 heteroatoms. The third-order valence-electron chi connectivity index (χ3n) is 6.17. The van der Waals surface area contributed by atoms with E-state index in [1.807, 2.05) is 0 Å². The minimum atomic E-state index is -1.16. The molecule has 2 heterocycles. The Bertz CT molecular complexity index is 1580. The van der Waals surface area contributed by atoms with Gasteiger partial charge in [0.15, 0.2) is 11.6 Å². The van der Waals surface area contributed by atoms with E-state index < -0.39 is 34.9 Å². The molecule has 0 radical (unpaired) electrons. The van der Waals surface area contributed by atoms with Crippen LogP contribution in [0.3, 0.4) is 0 Å². The van der Waals surface area contributed by atoms with Gasteiger partial charge in [0.1, 0.15) is 28.8 Å². The molecule has 7 nitrogen and oxygen atoms in total. The quantitative estimate of drug-likeness (QED) is 0.398. The third-order valence-corrected chi connectivity index (χ3v) is 6.17. The summed E-state index contributed by atoms with van der Waals surface area (Å²) in [5.41, 5.74) is 0.330. The van der Waals surface area contributed by atoms with Gasteiger partial charge in [-0.05, 0) is 43.7 Å². The number of carbonyl (C=O) groups is 1. The average molecular weight is 491 g/mol. The minimum absolute atomic E-state index is 0.0693. The van der Waals surface area contributed by atoms with Gasteiger partial charge in [-0.15, -0.1) is 0 Å². The summed E-state index contributed by atoms with van der Waals surface area (Å²) >= 11 is 0. The van der Waals surface area contributed by atoms with Crippen LogP contribution in [0.4, 0.5) is 19.0 Å². The number of fused-ring (bicyclic) bond motifs is 1. The van der Waals surface area contributed by atoms with Crippen LogP contribution >= 0.6 is 0 Å². The molecule has 0 aliphatic heterocycles. The Morgan fingerprint density at radius 3 is 2.61 bits per heavy atom. The van der Waals surface area contributed by atoms with E-state index in [1.54, 1.807) is 38.1 Å². The molecule has 2 aromatic heterocycles. The number of nitrogens with zero attached hydrogens (tertiary/aromatic N) is 4. The van der Waals surface area contributed by atoms with Crippen LogP contribution in [0.25, 0.3) is 27.8 Å². The number of benzene rings is 2. The summed E-state index contributed by atoms with van der Waals surface area (Å²) in [6.07, 6.45) is 9.36. The van der Waals surface area contributed by atoms with E-state index in [0.717, 1.165) is 12.1 Å². The zero-order valence-electron chi connectivity index (χ0n) is 19.2. The number of hydrogen-bond donors (Lipinski definition) is 2. The molecule has 4 aromatic rings. The molecule has 2 aromatic carbocycles. The molecule has 0 amide bonds. The molecule has 1 aliphatic carbocycles. The lowest BCUT2D eigenvalue weighted by molar-refractivity contribution is -0.141. The SMILES string of the molecule is Cc1nn(-c2ccc(F)cc2F)c(NC2(C)C=CC=CC2C(=O)O)c1-c1cc(F)c2nccnc2c1. The molecular formula is C26H20F3N5O2. The van der Waals surface area contributed by atoms with Crippen molar-refractivity contribution in [2.24, 2.45) is 5.92 Å². The maximum absolute atomic E-state index is 15.0. The predicted molar refractivity (Wildman–Crippen MR) is 128 cm³/mol. The first-order valence-electron chi connectivity index (χ1n) is 11.0. The minimum Gasteiger partial charge on any atom is -0.481 e. The lowest BCUT2D eigenvalue weighted by atomic mass is 9.82. The number of allylic oxidation sites excluding steroid dienone is 2. The Morgan fingerprint density at radius 1 is 1.08 bits per heavy atom. The molecule has 5 rings (SSSR count). The maximum atomic E-state index is 15.0. The standard InChI is InChI=1S/C26H20F3N5O2/c1-14-22(15-11-19(29)23-20(12-15)30-9-10-31-23)24(32-26(2)8-4-3-5-17(26)25(35)36)34(33-14)21-7-6-16(27)13-18(21)28/h3-13,17,32H,1-2H3,(H,35,36). The fourth-order valence-corrected chi connectivity index (χ4v) is 4.44. The molecule has 2 N–H and O–H groups in total. The van der Waals surface area contributed by atoms with Gasteiger partial charge in [-0.25, -0.2) is 22.8 Å². The lowest BCUT2D eigenvalue weighted by Crippen LogP contribution is -2.45. The summed E-state index contributed by atoms with van der Waals surface area (Å²) in [6, 6.07) is 5.94. The highest BCUT2D eigenvalue weighted by Gasteiger charge is 2.39. The molecule has 0 saturated heterocycles. The van der Waals surface area contributed by atoms with Crippen LogP contribution in [-0.4, -0.2) is 36.4 Å². The van der Waals surface area contributed by atoms with Crippen LogP contribution in [0.15, 0.2) is 67.0 Å². The van der Waals surface area contributed by atoms with E-state index in [2.05, 4.69) is 20.4 Å². The smallest absolute Gasteiger partial charge is 0.313 e. The summed E-state index contributed by atoms with van der Waals surface area (Å²) in [7, 11) is 0. The summed E-state index contributed by atoms with van der Waals surface area (Å²) in [5.74, 6) is -4.10. The van der Waals surface area contributed by atoms with Crippen LogP contribution in [0.5, 0.6) is 0 Å². The molecule has 0 fully saturated rings. The second kappa shape index (κ2) is 8.63. The summed E-state index contributed by atoms with van der Waals surface area (Å²) in [5, 5.41) is 17.5. The molecule has 2 unspecified atom stereocenters. The molecule has 0 saturated carbocycles. The fourth-order valence-electron chi connectivity index (χ4n) is 4.44. The van der Waals surface area contributed by atoms with E-state index in [-0.39, 0.29) is 17.0 Å². The number of nitrogens with one attached hydrogen (secondary N) is 1. The highest BCUT2D eigenvalue weighted by Crippen LogP contribution is 2.39. The van der Waals surface area contributed by atoms with Crippen LogP contribution in [0.1, 0.15) is 12.6 Å². The van der Waals surface area contributed by atoms with Crippen molar-refractivity contribution >= 4 is 22.8 Å². The fraction of sp³-hybridized carbons (Fsp3) is 0.154. The number of hydrogen-bond acceptors (Lipinski definition) is 5. The number of anilines is 1. The number of aliphatic carboxylic acids is 1. The molecule has 0 bridgehead atoms. The number of carboxylic acid groups (broad SMARTS) is 1. The Labute approximate surface area is 203 Å². The van der Waals surface area contributed by atoms with Gasteiger partial charge in [0.25, 0.3) is 0 Å². The molecular weight excluding hydrogens is 471 g/mol. The molecule has 0 spiro atoms. The third kappa shape index (κ3) is 3.90. The average Bonchev–Trinajstić information content (AvgIpc) is 3.13. The van der Waals surface area contributed by atoms with Crippen molar-refractivity contribution in [1.29, 1.82) is 0 Å². The van der Waals surface area contributed by atoms with Crippen molar-refractivity contribution in [2.45, 2.75) is 19.4 Å². The second-order valence-corrected chi connectivity index (χ2v) is 8.67. The lowest BCUT2D eigenvalue weighted by Gasteiger charge is -2.35. The van der Waals surface area contributed by atoms with Crippen molar-refractivity contribution < 1.29 is 23.1 Å².